The number of nitrogens with one attached hydrogen (secondary N) is 1. The molecule has 0 unspecified atom stereocenters. The predicted octanol–water partition coefficient (Wildman–Crippen LogP) is 1.80. The Morgan fingerprint density at radius 1 is 1.43 bits per heavy atom. The van der Waals surface area contributed by atoms with Crippen LogP contribution in [-0.4, -0.2) is 33.4 Å². The van der Waals surface area contributed by atoms with Crippen molar-refractivity contribution in [3.05, 3.63) is 27.2 Å². The normalized spacial score (nSPS) is 14.2. The number of H-pyrrole nitrogens is 1. The molecule has 0 atom stereocenters. The van der Waals surface area contributed by atoms with Crippen molar-refractivity contribution in [2.24, 2.45) is 0 Å². The van der Waals surface area contributed by atoms with E-state index in [2.05, 4.69) is 10.1 Å². The molecule has 1 aliphatic rings. The van der Waals surface area contributed by atoms with E-state index in [4.69, 9.17) is 4.74 Å². The lowest BCUT2D eigenvalue weighted by Crippen LogP contribution is -2.25. The van der Waals surface area contributed by atoms with Gasteiger partial charge in [0, 0.05) is 5.56 Å². The molecule has 0 bridgehead atoms. The zero-order chi connectivity index (χ0) is 15.0. The molecule has 0 saturated carbocycles. The Kier molecular flexibility index (Phi) is 3.75. The second kappa shape index (κ2) is 5.55. The third kappa shape index (κ3) is 2.25. The molecule has 0 aromatic carbocycles. The molecule has 3 rings (SSSR count). The molecule has 0 saturated heterocycles. The van der Waals surface area contributed by atoms with Gasteiger partial charge in [0.15, 0.2) is 5.65 Å². The van der Waals surface area contributed by atoms with Crippen molar-refractivity contribution in [1.82, 2.24) is 14.6 Å². The number of nitrogens with zero attached hydrogens (tertiary/aromatic N) is 2. The number of esters is 1. The number of rotatable bonds is 3. The Balaban J connectivity index is 2.29. The third-order valence-corrected chi connectivity index (χ3v) is 4.40. The van der Waals surface area contributed by atoms with Crippen LogP contribution in [0.3, 0.4) is 0 Å². The van der Waals surface area contributed by atoms with E-state index in [1.807, 2.05) is 6.26 Å². The number of fused-ring (bicyclic) bond motifs is 2. The molecule has 1 aliphatic carbocycles. The highest BCUT2D eigenvalue weighted by Gasteiger charge is 2.25. The van der Waals surface area contributed by atoms with Crippen LogP contribution in [0.1, 0.15) is 41.4 Å². The maximum absolute atomic E-state index is 12.6. The maximum Gasteiger partial charge on any atom is 0.344 e. The minimum atomic E-state index is -0.441. The Morgan fingerprint density at radius 3 is 2.90 bits per heavy atom. The van der Waals surface area contributed by atoms with Gasteiger partial charge in [-0.15, -0.1) is 11.8 Å². The number of hydrogen-bond donors (Lipinski definition) is 1. The summed E-state index contributed by atoms with van der Waals surface area (Å²) in [5, 5.41) is 3.59. The molecule has 1 N–H and O–H groups in total. The fraction of sp³-hybridized carbons (Fsp3) is 0.500. The quantitative estimate of drug-likeness (QED) is 0.691. The largest absolute Gasteiger partial charge is 0.462 e. The fourth-order valence-corrected chi connectivity index (χ4v) is 3.28. The van der Waals surface area contributed by atoms with Crippen LogP contribution in [0.25, 0.3) is 5.65 Å². The maximum atomic E-state index is 12.6. The van der Waals surface area contributed by atoms with Gasteiger partial charge >= 0.3 is 5.97 Å². The van der Waals surface area contributed by atoms with Gasteiger partial charge in [-0.2, -0.15) is 4.52 Å². The molecule has 2 aromatic rings. The van der Waals surface area contributed by atoms with E-state index >= 15 is 0 Å². The molecule has 2 heterocycles. The summed E-state index contributed by atoms with van der Waals surface area (Å²) < 4.78 is 6.47. The summed E-state index contributed by atoms with van der Waals surface area (Å²) >= 11 is 1.37. The van der Waals surface area contributed by atoms with Gasteiger partial charge in [-0.25, -0.2) is 9.78 Å². The molecule has 6 nitrogen and oxygen atoms in total. The Bertz CT molecular complexity index is 763. The number of thioether (sulfide) groups is 1. The molecule has 0 amide bonds. The van der Waals surface area contributed by atoms with E-state index in [1.165, 1.54) is 16.3 Å². The van der Waals surface area contributed by atoms with Crippen LogP contribution in [0.5, 0.6) is 0 Å². The highest BCUT2D eigenvalue weighted by molar-refractivity contribution is 7.98. The second-order valence-corrected chi connectivity index (χ2v) is 5.77. The molecule has 7 heteroatoms. The summed E-state index contributed by atoms with van der Waals surface area (Å²) in [5.41, 5.74) is 2.23. The van der Waals surface area contributed by atoms with Gasteiger partial charge in [0.25, 0.3) is 5.56 Å². The lowest BCUT2D eigenvalue weighted by atomic mass is 9.97. The Hall–Kier alpha value is -1.76. The number of aromatic nitrogens is 3. The summed E-state index contributed by atoms with van der Waals surface area (Å²) in [6, 6.07) is 0. The summed E-state index contributed by atoms with van der Waals surface area (Å²) in [6.07, 6.45) is 5.44. The molecule has 2 aromatic heterocycles. The summed E-state index contributed by atoms with van der Waals surface area (Å²) in [7, 11) is 0. The van der Waals surface area contributed by atoms with Crippen molar-refractivity contribution in [3.8, 4) is 0 Å². The second-order valence-electron chi connectivity index (χ2n) is 4.95. The molecule has 0 radical (unpaired) electrons. The Morgan fingerprint density at radius 2 is 2.19 bits per heavy atom. The van der Waals surface area contributed by atoms with Gasteiger partial charge < -0.3 is 4.74 Å². The van der Waals surface area contributed by atoms with Gasteiger partial charge in [0.1, 0.15) is 10.6 Å². The van der Waals surface area contributed by atoms with Crippen molar-refractivity contribution < 1.29 is 9.53 Å². The Labute approximate surface area is 125 Å². The highest BCUT2D eigenvalue weighted by atomic mass is 32.2. The first-order valence-corrected chi connectivity index (χ1v) is 8.27. The van der Waals surface area contributed by atoms with Crippen LogP contribution < -0.4 is 5.56 Å². The predicted molar refractivity (Wildman–Crippen MR) is 80.2 cm³/mol. The molecular weight excluding hydrogens is 290 g/mol. The molecular formula is C14H17N3O3S. The topological polar surface area (TPSA) is 76.5 Å². The van der Waals surface area contributed by atoms with Gasteiger partial charge in [-0.3, -0.25) is 9.89 Å². The molecule has 21 heavy (non-hydrogen) atoms. The van der Waals surface area contributed by atoms with Crippen LogP contribution in [0, 0.1) is 0 Å². The first-order valence-electron chi connectivity index (χ1n) is 7.05. The number of hydrogen-bond acceptors (Lipinski definition) is 5. The van der Waals surface area contributed by atoms with E-state index in [0.29, 0.717) is 22.8 Å². The standard InChI is InChI=1S/C14H17N3O3S/c1-3-20-14(19)10-11-15-9-7-5-4-6-8(9)13(18)17(11)16-12(10)21-2/h16H,3-7H2,1-2H3. The van der Waals surface area contributed by atoms with Crippen molar-refractivity contribution in [2.45, 2.75) is 37.6 Å². The lowest BCUT2D eigenvalue weighted by Gasteiger charge is -2.13. The van der Waals surface area contributed by atoms with Crippen LogP contribution >= 0.6 is 11.8 Å². The van der Waals surface area contributed by atoms with E-state index in [0.717, 1.165) is 36.9 Å². The zero-order valence-electron chi connectivity index (χ0n) is 12.1. The summed E-state index contributed by atoms with van der Waals surface area (Å²) in [6.45, 7) is 2.05. The van der Waals surface area contributed by atoms with Gasteiger partial charge in [-0.1, -0.05) is 0 Å². The highest BCUT2D eigenvalue weighted by Crippen LogP contribution is 2.25. The van der Waals surface area contributed by atoms with E-state index in [9.17, 15) is 9.59 Å². The fourth-order valence-electron chi connectivity index (χ4n) is 2.72. The third-order valence-electron chi connectivity index (χ3n) is 3.70. The minimum Gasteiger partial charge on any atom is -0.462 e. The number of carbonyl (C=O) groups excluding carboxylic acids is 1. The van der Waals surface area contributed by atoms with Crippen LogP contribution in [0.2, 0.25) is 0 Å². The van der Waals surface area contributed by atoms with Crippen LogP contribution in [0.4, 0.5) is 0 Å². The number of carbonyl (C=O) groups is 1. The minimum absolute atomic E-state index is 0.0967. The van der Waals surface area contributed by atoms with Crippen molar-refractivity contribution in [3.63, 3.8) is 0 Å². The van der Waals surface area contributed by atoms with Crippen molar-refractivity contribution in [2.75, 3.05) is 12.9 Å². The smallest absolute Gasteiger partial charge is 0.344 e. The average Bonchev–Trinajstić information content (AvgIpc) is 2.86. The average molecular weight is 307 g/mol. The van der Waals surface area contributed by atoms with Gasteiger partial charge in [0.05, 0.1) is 12.3 Å². The molecule has 0 aliphatic heterocycles. The van der Waals surface area contributed by atoms with E-state index in [-0.39, 0.29) is 5.56 Å². The number of ether oxygens (including phenoxy) is 1. The van der Waals surface area contributed by atoms with E-state index < -0.39 is 5.97 Å². The van der Waals surface area contributed by atoms with Gasteiger partial charge in [-0.05, 0) is 38.9 Å². The number of aromatic amines is 1. The molecule has 112 valence electrons. The van der Waals surface area contributed by atoms with E-state index in [1.54, 1.807) is 6.92 Å². The SMILES string of the molecule is CCOC(=O)c1c(SC)[nH]n2c(=O)c3c(nc12)CCCC3. The van der Waals surface area contributed by atoms with Crippen LogP contribution in [-0.2, 0) is 17.6 Å². The lowest BCUT2D eigenvalue weighted by molar-refractivity contribution is 0.0524. The first-order chi connectivity index (χ1) is 10.2. The molecule has 0 fully saturated rings. The van der Waals surface area contributed by atoms with Crippen LogP contribution in [0.15, 0.2) is 9.82 Å². The van der Waals surface area contributed by atoms with Crippen molar-refractivity contribution >= 4 is 23.4 Å². The molecule has 0 spiro atoms. The summed E-state index contributed by atoms with van der Waals surface area (Å²) in [5.74, 6) is -0.441. The van der Waals surface area contributed by atoms with Crippen molar-refractivity contribution in [1.29, 1.82) is 0 Å². The number of aryl methyl sites for hydroxylation is 1. The first kappa shape index (κ1) is 14.2. The monoisotopic (exact) mass is 307 g/mol. The zero-order valence-corrected chi connectivity index (χ0v) is 12.9. The summed E-state index contributed by atoms with van der Waals surface area (Å²) in [4.78, 5) is 29.3. The van der Waals surface area contributed by atoms with Gasteiger partial charge in [0.2, 0.25) is 0 Å².